The van der Waals surface area contributed by atoms with E-state index < -0.39 is 71.7 Å². The summed E-state index contributed by atoms with van der Waals surface area (Å²) in [4.78, 5) is 73.7. The van der Waals surface area contributed by atoms with Crippen molar-refractivity contribution in [2.45, 2.75) is 168 Å². The largest absolute Gasteiger partial charge is 0.460 e. The van der Waals surface area contributed by atoms with E-state index in [2.05, 4.69) is 15.4 Å². The zero-order chi connectivity index (χ0) is 50.6. The lowest BCUT2D eigenvalue weighted by atomic mass is 9.74. The highest BCUT2D eigenvalue weighted by atomic mass is 16.6. The number of aromatic nitrogens is 4. The summed E-state index contributed by atoms with van der Waals surface area (Å²) in [5.74, 6) is -8.77. The number of nitrogens with zero attached hydrogens (tertiary/aromatic N) is 5. The minimum Gasteiger partial charge on any atom is -0.460 e. The van der Waals surface area contributed by atoms with Crippen LogP contribution in [0.2, 0.25) is 0 Å². The van der Waals surface area contributed by atoms with Crippen molar-refractivity contribution in [2.75, 3.05) is 26.9 Å². The van der Waals surface area contributed by atoms with Gasteiger partial charge >= 0.3 is 5.97 Å². The van der Waals surface area contributed by atoms with Crippen LogP contribution in [-0.4, -0.2) is 138 Å². The van der Waals surface area contributed by atoms with Gasteiger partial charge in [0.05, 0.1) is 12.1 Å². The number of hydrogen-bond acceptors (Lipinski definition) is 15. The smallest absolute Gasteiger partial charge is 0.329 e. The van der Waals surface area contributed by atoms with Crippen molar-refractivity contribution in [3.05, 3.63) is 53.9 Å². The molecule has 0 radical (unpaired) electrons. The number of allylic oxidation sites excluding steroid dienone is 6. The van der Waals surface area contributed by atoms with Gasteiger partial charge in [0.2, 0.25) is 5.79 Å². The van der Waals surface area contributed by atoms with Crippen LogP contribution in [0, 0.1) is 47.3 Å². The number of ketones is 3. The van der Waals surface area contributed by atoms with Crippen LogP contribution in [0.25, 0.3) is 0 Å². The molecule has 1 amide bonds. The monoisotopic (exact) mass is 966 g/mol. The number of methoxy groups -OCH3 is 1. The average Bonchev–Trinajstić information content (AvgIpc) is 3.88. The first-order valence-electron chi connectivity index (χ1n) is 25.2. The van der Waals surface area contributed by atoms with E-state index in [0.29, 0.717) is 56.9 Å². The summed E-state index contributed by atoms with van der Waals surface area (Å²) in [6, 6.07) is -1.30. The van der Waals surface area contributed by atoms with Gasteiger partial charge in [-0.25, -0.2) is 4.79 Å². The van der Waals surface area contributed by atoms with E-state index in [1.165, 1.54) is 23.1 Å². The van der Waals surface area contributed by atoms with Crippen LogP contribution in [0.3, 0.4) is 0 Å². The van der Waals surface area contributed by atoms with Crippen molar-refractivity contribution in [1.82, 2.24) is 25.1 Å². The molecule has 4 N–H and O–H groups in total. The van der Waals surface area contributed by atoms with E-state index in [-0.39, 0.29) is 86.2 Å². The van der Waals surface area contributed by atoms with Gasteiger partial charge in [0.1, 0.15) is 30.1 Å². The van der Waals surface area contributed by atoms with Gasteiger partial charge in [-0.1, -0.05) is 76.6 Å². The molecule has 5 rings (SSSR count). The summed E-state index contributed by atoms with van der Waals surface area (Å²) < 4.78 is 18.0. The first-order valence-corrected chi connectivity index (χ1v) is 25.2. The molecule has 0 spiro atoms. The number of aliphatic hydroxyl groups is 4. The predicted octanol–water partition coefficient (Wildman–Crippen LogP) is 5.23. The van der Waals surface area contributed by atoms with Gasteiger partial charge in [-0.2, -0.15) is 4.80 Å². The number of fused-ring (bicyclic) bond motifs is 3. The highest BCUT2D eigenvalue weighted by Gasteiger charge is 2.53. The highest BCUT2D eigenvalue weighted by molar-refractivity contribution is 6.39. The average molecular weight is 966 g/mol. The molecule has 1 aliphatic carbocycles. The Morgan fingerprint density at radius 3 is 2.35 bits per heavy atom. The second-order valence-corrected chi connectivity index (χ2v) is 20.7. The highest BCUT2D eigenvalue weighted by Crippen LogP contribution is 2.41. The lowest BCUT2D eigenvalue weighted by molar-refractivity contribution is -0.265. The van der Waals surface area contributed by atoms with Gasteiger partial charge in [0.15, 0.2) is 12.1 Å². The number of rotatable bonds is 7. The van der Waals surface area contributed by atoms with Crippen molar-refractivity contribution in [3.8, 4) is 0 Å². The molecule has 3 fully saturated rings. The third-order valence-electron chi connectivity index (χ3n) is 15.4. The Hall–Kier alpha value is -4.26. The number of amides is 1. The number of carbonyl (C=O) groups excluding carboxylic acids is 5. The van der Waals surface area contributed by atoms with Crippen molar-refractivity contribution in [1.29, 1.82) is 0 Å². The first kappa shape index (κ1) is 55.7. The fourth-order valence-electron chi connectivity index (χ4n) is 10.9. The van der Waals surface area contributed by atoms with Gasteiger partial charge in [-0.05, 0) is 113 Å². The second kappa shape index (κ2) is 25.7. The molecule has 384 valence electrons. The normalized spacial score (nSPS) is 36.3. The summed E-state index contributed by atoms with van der Waals surface area (Å²) in [5.41, 5.74) is 1.22. The molecule has 17 heteroatoms. The number of hydrogen-bond donors (Lipinski definition) is 4. The first-order chi connectivity index (χ1) is 32.8. The summed E-state index contributed by atoms with van der Waals surface area (Å²) in [5, 5.41) is 56.4. The molecular weight excluding hydrogens is 887 g/mol. The molecule has 4 heterocycles. The van der Waals surface area contributed by atoms with E-state index in [1.54, 1.807) is 33.8 Å². The second-order valence-electron chi connectivity index (χ2n) is 20.7. The Balaban J connectivity index is 1.46. The lowest BCUT2D eigenvalue weighted by Gasteiger charge is -2.43. The lowest BCUT2D eigenvalue weighted by Crippen LogP contribution is -2.60. The van der Waals surface area contributed by atoms with Gasteiger partial charge in [0.25, 0.3) is 11.7 Å². The molecular formula is C52H79N5O12. The Kier molecular flexibility index (Phi) is 20.8. The van der Waals surface area contributed by atoms with Crippen molar-refractivity contribution >= 4 is 29.2 Å². The Labute approximate surface area is 407 Å². The Morgan fingerprint density at radius 2 is 1.67 bits per heavy atom. The number of Topliss-reactive ketones (excluding diaryl/α,β-unsaturated/α-hetero) is 3. The number of esters is 1. The molecule has 3 aliphatic heterocycles. The predicted molar refractivity (Wildman–Crippen MR) is 256 cm³/mol. The summed E-state index contributed by atoms with van der Waals surface area (Å²) in [7, 11) is 1.37. The summed E-state index contributed by atoms with van der Waals surface area (Å²) in [6.45, 7) is 12.3. The Morgan fingerprint density at radius 1 is 0.913 bits per heavy atom. The molecule has 1 saturated carbocycles. The molecule has 69 heavy (non-hydrogen) atoms. The van der Waals surface area contributed by atoms with Crippen LogP contribution >= 0.6 is 0 Å². The topological polar surface area (TPSA) is 241 Å². The summed E-state index contributed by atoms with van der Waals surface area (Å²) in [6.07, 6.45) is 13.6. The minimum atomic E-state index is -2.47. The van der Waals surface area contributed by atoms with Crippen LogP contribution in [0.4, 0.5) is 0 Å². The number of piperidine rings is 1. The third kappa shape index (κ3) is 14.2. The summed E-state index contributed by atoms with van der Waals surface area (Å²) >= 11 is 0. The molecule has 1 aromatic rings. The van der Waals surface area contributed by atoms with Crippen LogP contribution in [0.1, 0.15) is 132 Å². The van der Waals surface area contributed by atoms with Crippen LogP contribution in [0.15, 0.2) is 53.9 Å². The zero-order valence-corrected chi connectivity index (χ0v) is 42.0. The standard InChI is InChI=1S/C52H79N5O12/c1-31-14-10-9-11-15-32(2)39(28-58)26-41-19-17-37(7)52(66,69-41)49(63)50(64)56-21-13-12-16-43(56)51(65)68-45(34(4)24-38-18-20-42(40(25-38)29-59)57-54-30-53-55-57)27-44(60)33(3)23-36(6)47(62)48(67-8)46(61)35(5)22-31/h9-11,14-15,23,30-31,33-35,37-43,45,47-48,58-59,62,66H,12-13,16-22,24-29H2,1-8H3/t31-,33-,34-,35-,37-,38+,39-,40+,41+,42+,43+,45+,47-,48+,52-/m1/s1. The van der Waals surface area contributed by atoms with E-state index in [0.717, 1.165) is 12.0 Å². The molecule has 4 aliphatic rings. The number of aliphatic hydroxyl groups excluding tert-OH is 3. The number of tetrazole rings is 1. The molecule has 0 aromatic carbocycles. The van der Waals surface area contributed by atoms with Crippen LogP contribution in [-0.2, 0) is 38.2 Å². The maximum absolute atomic E-state index is 14.5. The van der Waals surface area contributed by atoms with Gasteiger partial charge in [-0.3, -0.25) is 19.2 Å². The molecule has 2 bridgehead atoms. The minimum absolute atomic E-state index is 0.00345. The third-order valence-corrected chi connectivity index (χ3v) is 15.4. The van der Waals surface area contributed by atoms with E-state index >= 15 is 0 Å². The molecule has 15 atom stereocenters. The van der Waals surface area contributed by atoms with Gasteiger partial charge in [0, 0.05) is 62.9 Å². The molecule has 0 unspecified atom stereocenters. The van der Waals surface area contributed by atoms with Gasteiger partial charge < -0.3 is 39.5 Å². The quantitative estimate of drug-likeness (QED) is 0.155. The SMILES string of the molecule is CO[C@H]1C(=O)[C@H](C)C[C@H](C)C=CC=CC=C(C)[C@@H](CO)C[C@@H]2CC[C@@H](C)[C@@](O)(O2)C(=O)C(=O)N2CCCC[C@H]2C(=O)O[C@H]([C@H](C)C[C@@H]2CC[C@H](n3ncnn3)[C@H](CO)C2)CC(=O)[C@H](C)C=C(C)[C@H]1O. The van der Waals surface area contributed by atoms with E-state index in [1.807, 2.05) is 51.2 Å². The zero-order valence-electron chi connectivity index (χ0n) is 42.0. The van der Waals surface area contributed by atoms with E-state index in [9.17, 15) is 44.4 Å². The maximum Gasteiger partial charge on any atom is 0.329 e. The van der Waals surface area contributed by atoms with Crippen LogP contribution < -0.4 is 0 Å². The molecule has 17 nitrogen and oxygen atoms in total. The number of ether oxygens (including phenoxy) is 3. The fraction of sp³-hybridized carbons (Fsp3) is 0.731. The van der Waals surface area contributed by atoms with Crippen LogP contribution in [0.5, 0.6) is 0 Å². The van der Waals surface area contributed by atoms with Crippen molar-refractivity contribution in [2.24, 2.45) is 47.3 Å². The van der Waals surface area contributed by atoms with E-state index in [4.69, 9.17) is 14.2 Å². The number of carbonyl (C=O) groups is 5. The fourth-order valence-corrected chi connectivity index (χ4v) is 10.9. The maximum atomic E-state index is 14.5. The molecule has 1 aromatic heterocycles. The number of cyclic esters (lactones) is 1. The van der Waals surface area contributed by atoms with Crippen molar-refractivity contribution in [3.63, 3.8) is 0 Å². The van der Waals surface area contributed by atoms with Gasteiger partial charge in [-0.15, -0.1) is 10.2 Å². The molecule has 2 saturated heterocycles. The van der Waals surface area contributed by atoms with Crippen molar-refractivity contribution < 1.29 is 58.6 Å². The Bertz CT molecular complexity index is 2020.